The number of nitrogens with two attached hydrogens (primary N) is 1. The largest absolute Gasteiger partial charge is 0.443 e. The summed E-state index contributed by atoms with van der Waals surface area (Å²) < 4.78 is 5.41. The van der Waals surface area contributed by atoms with Crippen LogP contribution in [0.25, 0.3) is 10.8 Å². The van der Waals surface area contributed by atoms with Crippen molar-refractivity contribution in [3.05, 3.63) is 29.5 Å². The van der Waals surface area contributed by atoms with Crippen molar-refractivity contribution in [2.75, 3.05) is 0 Å². The summed E-state index contributed by atoms with van der Waals surface area (Å²) in [4.78, 5) is 9.63. The second-order valence-electron chi connectivity index (χ2n) is 4.28. The predicted octanol–water partition coefficient (Wildman–Crippen LogP) is 2.61. The Morgan fingerprint density at radius 3 is 3.16 bits per heavy atom. The van der Waals surface area contributed by atoms with Crippen LogP contribution in [0.4, 0.5) is 0 Å². The fourth-order valence-electron chi connectivity index (χ4n) is 1.46. The summed E-state index contributed by atoms with van der Waals surface area (Å²) in [7, 11) is 0. The summed E-state index contributed by atoms with van der Waals surface area (Å²) in [6.07, 6.45) is 2.62. The van der Waals surface area contributed by atoms with E-state index in [-0.39, 0.29) is 0 Å². The molecule has 3 N–H and O–H groups in total. The minimum Gasteiger partial charge on any atom is -0.443 e. The summed E-state index contributed by atoms with van der Waals surface area (Å²) in [5, 5.41) is 5.10. The van der Waals surface area contributed by atoms with Gasteiger partial charge in [0.15, 0.2) is 5.96 Å². The molecule has 0 amide bonds. The minimum absolute atomic E-state index is 0.322. The van der Waals surface area contributed by atoms with E-state index in [0.717, 1.165) is 17.0 Å². The van der Waals surface area contributed by atoms with Gasteiger partial charge < -0.3 is 15.5 Å². The van der Waals surface area contributed by atoms with Gasteiger partial charge in [-0.25, -0.2) is 9.98 Å². The van der Waals surface area contributed by atoms with E-state index in [1.165, 1.54) is 0 Å². The lowest BCUT2D eigenvalue weighted by atomic mass is 10.3. The third kappa shape index (κ3) is 3.82. The Kier molecular flexibility index (Phi) is 4.57. The van der Waals surface area contributed by atoms with Crippen molar-refractivity contribution < 1.29 is 4.42 Å². The third-order valence-corrected chi connectivity index (χ3v) is 3.56. The topological polar surface area (TPSA) is 76.4 Å². The fourth-order valence-corrected chi connectivity index (χ4v) is 2.11. The van der Waals surface area contributed by atoms with Crippen LogP contribution in [-0.4, -0.2) is 17.0 Å². The molecule has 19 heavy (non-hydrogen) atoms. The van der Waals surface area contributed by atoms with Crippen LogP contribution in [-0.2, 0) is 6.54 Å². The predicted molar refractivity (Wildman–Crippen MR) is 78.0 cm³/mol. The molecule has 2 heterocycles. The lowest BCUT2D eigenvalue weighted by Crippen LogP contribution is -2.38. The Hall–Kier alpha value is -1.82. The first-order valence-corrected chi connectivity index (χ1v) is 7.11. The quantitative estimate of drug-likeness (QED) is 0.651. The monoisotopic (exact) mass is 278 g/mol. The lowest BCUT2D eigenvalue weighted by molar-refractivity contribution is 0.574. The van der Waals surface area contributed by atoms with Crippen LogP contribution in [0.1, 0.15) is 26.0 Å². The van der Waals surface area contributed by atoms with E-state index in [4.69, 9.17) is 10.2 Å². The number of guanidine groups is 1. The highest BCUT2D eigenvalue weighted by Gasteiger charge is 2.07. The SMILES string of the molecule is CCC(C)NC(N)=NCc1coc(-c2cccs2)n1. The van der Waals surface area contributed by atoms with Gasteiger partial charge in [0.2, 0.25) is 5.89 Å². The number of rotatable bonds is 5. The molecule has 0 saturated carbocycles. The molecular weight excluding hydrogens is 260 g/mol. The maximum Gasteiger partial charge on any atom is 0.236 e. The molecule has 2 aromatic rings. The van der Waals surface area contributed by atoms with Crippen LogP contribution < -0.4 is 11.1 Å². The summed E-state index contributed by atoms with van der Waals surface area (Å²) in [5.41, 5.74) is 6.56. The highest BCUT2D eigenvalue weighted by atomic mass is 32.1. The van der Waals surface area contributed by atoms with Crippen molar-refractivity contribution in [1.82, 2.24) is 10.3 Å². The van der Waals surface area contributed by atoms with Crippen LogP contribution in [0.2, 0.25) is 0 Å². The molecule has 1 unspecified atom stereocenters. The number of hydrogen-bond donors (Lipinski definition) is 2. The molecule has 0 aromatic carbocycles. The zero-order valence-electron chi connectivity index (χ0n) is 11.1. The van der Waals surface area contributed by atoms with Gasteiger partial charge in [0.1, 0.15) is 12.0 Å². The van der Waals surface area contributed by atoms with E-state index < -0.39 is 0 Å². The van der Waals surface area contributed by atoms with Gasteiger partial charge in [-0.3, -0.25) is 0 Å². The average Bonchev–Trinajstić information content (AvgIpc) is 3.06. The summed E-state index contributed by atoms with van der Waals surface area (Å²) in [6.45, 7) is 4.58. The first-order chi connectivity index (χ1) is 9.19. The van der Waals surface area contributed by atoms with E-state index in [2.05, 4.69) is 29.1 Å². The van der Waals surface area contributed by atoms with Crippen molar-refractivity contribution in [3.8, 4) is 10.8 Å². The van der Waals surface area contributed by atoms with Crippen molar-refractivity contribution in [2.45, 2.75) is 32.9 Å². The Morgan fingerprint density at radius 1 is 1.63 bits per heavy atom. The molecule has 0 bridgehead atoms. The zero-order chi connectivity index (χ0) is 13.7. The highest BCUT2D eigenvalue weighted by Crippen LogP contribution is 2.23. The van der Waals surface area contributed by atoms with Crippen molar-refractivity contribution >= 4 is 17.3 Å². The number of aromatic nitrogens is 1. The van der Waals surface area contributed by atoms with Crippen LogP contribution in [0.5, 0.6) is 0 Å². The van der Waals surface area contributed by atoms with Crippen molar-refractivity contribution in [2.24, 2.45) is 10.7 Å². The van der Waals surface area contributed by atoms with Crippen LogP contribution in [0.3, 0.4) is 0 Å². The number of thiophene rings is 1. The van der Waals surface area contributed by atoms with Gasteiger partial charge in [-0.15, -0.1) is 11.3 Å². The molecule has 2 aromatic heterocycles. The zero-order valence-corrected chi connectivity index (χ0v) is 11.9. The summed E-state index contributed by atoms with van der Waals surface area (Å²) in [6, 6.07) is 4.26. The Morgan fingerprint density at radius 2 is 2.47 bits per heavy atom. The van der Waals surface area contributed by atoms with E-state index >= 15 is 0 Å². The Balaban J connectivity index is 1.95. The molecule has 0 aliphatic heterocycles. The molecule has 0 aliphatic carbocycles. The first-order valence-electron chi connectivity index (χ1n) is 6.23. The third-order valence-electron chi connectivity index (χ3n) is 2.70. The molecule has 0 aliphatic rings. The van der Waals surface area contributed by atoms with Gasteiger partial charge in [0.25, 0.3) is 0 Å². The number of oxazole rings is 1. The van der Waals surface area contributed by atoms with E-state index in [0.29, 0.717) is 24.4 Å². The summed E-state index contributed by atoms with van der Waals surface area (Å²) >= 11 is 1.60. The molecule has 0 spiro atoms. The Bertz CT molecular complexity index is 533. The maximum absolute atomic E-state index is 5.78. The standard InChI is InChI=1S/C13H18N4OS/c1-3-9(2)16-13(14)15-7-10-8-18-12(17-10)11-5-4-6-19-11/h4-6,8-9H,3,7H2,1-2H3,(H3,14,15,16). The maximum atomic E-state index is 5.78. The van der Waals surface area contributed by atoms with Gasteiger partial charge in [0.05, 0.1) is 11.4 Å². The van der Waals surface area contributed by atoms with Gasteiger partial charge in [-0.05, 0) is 24.8 Å². The van der Waals surface area contributed by atoms with Gasteiger partial charge in [-0.2, -0.15) is 0 Å². The van der Waals surface area contributed by atoms with Crippen molar-refractivity contribution in [3.63, 3.8) is 0 Å². The first kappa shape index (κ1) is 13.6. The van der Waals surface area contributed by atoms with Gasteiger partial charge >= 0.3 is 0 Å². The molecule has 102 valence electrons. The number of aliphatic imine (C=N–C) groups is 1. The second kappa shape index (κ2) is 6.38. The van der Waals surface area contributed by atoms with E-state index in [9.17, 15) is 0 Å². The van der Waals surface area contributed by atoms with Gasteiger partial charge in [-0.1, -0.05) is 13.0 Å². The number of nitrogens with zero attached hydrogens (tertiary/aromatic N) is 2. The molecule has 0 fully saturated rings. The normalized spacial score (nSPS) is 13.5. The average molecular weight is 278 g/mol. The molecule has 6 heteroatoms. The van der Waals surface area contributed by atoms with Gasteiger partial charge in [0, 0.05) is 6.04 Å². The van der Waals surface area contributed by atoms with Crippen molar-refractivity contribution in [1.29, 1.82) is 0 Å². The molecule has 2 rings (SSSR count). The second-order valence-corrected chi connectivity index (χ2v) is 5.22. The molecule has 1 atom stereocenters. The smallest absolute Gasteiger partial charge is 0.236 e. The fraction of sp³-hybridized carbons (Fsp3) is 0.385. The van der Waals surface area contributed by atoms with E-state index in [1.807, 2.05) is 17.5 Å². The lowest BCUT2D eigenvalue weighted by Gasteiger charge is -2.11. The molecule has 0 saturated heterocycles. The Labute approximate surface area is 116 Å². The molecule has 5 nitrogen and oxygen atoms in total. The number of nitrogens with one attached hydrogen (secondary N) is 1. The van der Waals surface area contributed by atoms with Crippen LogP contribution >= 0.6 is 11.3 Å². The minimum atomic E-state index is 0.322. The molecule has 0 radical (unpaired) electrons. The van der Waals surface area contributed by atoms with Crippen LogP contribution in [0.15, 0.2) is 33.2 Å². The summed E-state index contributed by atoms with van der Waals surface area (Å²) in [5.74, 6) is 1.07. The number of hydrogen-bond acceptors (Lipinski definition) is 4. The molecular formula is C13H18N4OS. The van der Waals surface area contributed by atoms with Crippen LogP contribution in [0, 0.1) is 0 Å². The van der Waals surface area contributed by atoms with E-state index in [1.54, 1.807) is 17.6 Å². The highest BCUT2D eigenvalue weighted by molar-refractivity contribution is 7.13.